The van der Waals surface area contributed by atoms with Gasteiger partial charge in [-0.15, -0.1) is 0 Å². The van der Waals surface area contributed by atoms with Gasteiger partial charge in [-0.2, -0.15) is 0 Å². The van der Waals surface area contributed by atoms with Crippen LogP contribution in [0.1, 0.15) is 39.2 Å². The van der Waals surface area contributed by atoms with Crippen molar-refractivity contribution < 1.29 is 9.53 Å². The summed E-state index contributed by atoms with van der Waals surface area (Å²) in [6, 6.07) is 8.60. The molecule has 104 valence electrons. The summed E-state index contributed by atoms with van der Waals surface area (Å²) in [5.41, 5.74) is 1.06. The molecule has 1 aliphatic rings. The van der Waals surface area contributed by atoms with E-state index in [4.69, 9.17) is 4.74 Å². The number of rotatable bonds is 6. The molecule has 2 rings (SSSR count). The number of carbonyl (C=O) groups is 1. The van der Waals surface area contributed by atoms with Crippen LogP contribution in [0.5, 0.6) is 5.75 Å². The standard InChI is InChI=1S/C16H23NO2/c1-4-19-15-9-5-13(6-10-15)11-16(18)17(12(2)3)14-7-8-14/h5-6,9-10,12,14H,4,7-8,11H2,1-3H3. The van der Waals surface area contributed by atoms with E-state index < -0.39 is 0 Å². The van der Waals surface area contributed by atoms with Gasteiger partial charge in [0.2, 0.25) is 5.91 Å². The van der Waals surface area contributed by atoms with Crippen LogP contribution in [0.2, 0.25) is 0 Å². The third-order valence-corrected chi connectivity index (χ3v) is 3.37. The Morgan fingerprint density at radius 3 is 2.42 bits per heavy atom. The van der Waals surface area contributed by atoms with Gasteiger partial charge in [0.25, 0.3) is 0 Å². The molecular formula is C16H23NO2. The molecule has 1 aromatic carbocycles. The lowest BCUT2D eigenvalue weighted by atomic mass is 10.1. The summed E-state index contributed by atoms with van der Waals surface area (Å²) >= 11 is 0. The summed E-state index contributed by atoms with van der Waals surface area (Å²) < 4.78 is 5.40. The highest BCUT2D eigenvalue weighted by molar-refractivity contribution is 5.79. The molecule has 0 atom stereocenters. The van der Waals surface area contributed by atoms with Gasteiger partial charge in [0.05, 0.1) is 13.0 Å². The SMILES string of the molecule is CCOc1ccc(CC(=O)N(C(C)C)C2CC2)cc1. The minimum Gasteiger partial charge on any atom is -0.494 e. The Morgan fingerprint density at radius 2 is 1.95 bits per heavy atom. The molecule has 19 heavy (non-hydrogen) atoms. The summed E-state index contributed by atoms with van der Waals surface area (Å²) in [5, 5.41) is 0. The maximum atomic E-state index is 12.3. The highest BCUT2D eigenvalue weighted by atomic mass is 16.5. The van der Waals surface area contributed by atoms with Crippen LogP contribution in [0.15, 0.2) is 24.3 Å². The number of ether oxygens (including phenoxy) is 1. The van der Waals surface area contributed by atoms with Gasteiger partial charge in [0, 0.05) is 12.1 Å². The van der Waals surface area contributed by atoms with Crippen LogP contribution in [-0.4, -0.2) is 29.5 Å². The number of hydrogen-bond donors (Lipinski definition) is 0. The Morgan fingerprint density at radius 1 is 1.32 bits per heavy atom. The number of amides is 1. The third-order valence-electron chi connectivity index (χ3n) is 3.37. The average Bonchev–Trinajstić information content (AvgIpc) is 3.16. The zero-order chi connectivity index (χ0) is 13.8. The van der Waals surface area contributed by atoms with Crippen LogP contribution in [0.3, 0.4) is 0 Å². The maximum Gasteiger partial charge on any atom is 0.227 e. The Hall–Kier alpha value is -1.51. The summed E-state index contributed by atoms with van der Waals surface area (Å²) in [5.74, 6) is 1.10. The largest absolute Gasteiger partial charge is 0.494 e. The van der Waals surface area contributed by atoms with Crippen molar-refractivity contribution in [3.63, 3.8) is 0 Å². The molecule has 0 heterocycles. The molecule has 0 aliphatic heterocycles. The quantitative estimate of drug-likeness (QED) is 0.787. The predicted octanol–water partition coefficient (Wildman–Crippen LogP) is 3.03. The van der Waals surface area contributed by atoms with Gasteiger partial charge in [-0.05, 0) is 51.3 Å². The van der Waals surface area contributed by atoms with E-state index in [1.165, 1.54) is 0 Å². The summed E-state index contributed by atoms with van der Waals surface area (Å²) in [4.78, 5) is 14.4. The molecule has 0 saturated heterocycles. The first-order chi connectivity index (χ1) is 9.11. The second-order valence-corrected chi connectivity index (χ2v) is 5.38. The zero-order valence-electron chi connectivity index (χ0n) is 12.1. The molecule has 1 fully saturated rings. The Kier molecular flexibility index (Phi) is 4.46. The fourth-order valence-corrected chi connectivity index (χ4v) is 2.40. The Labute approximate surface area is 115 Å². The number of carbonyl (C=O) groups excluding carboxylic acids is 1. The highest BCUT2D eigenvalue weighted by Crippen LogP contribution is 2.29. The molecule has 1 amide bonds. The number of hydrogen-bond acceptors (Lipinski definition) is 2. The van der Waals surface area contributed by atoms with Crippen molar-refractivity contribution in [2.24, 2.45) is 0 Å². The molecule has 1 aliphatic carbocycles. The van der Waals surface area contributed by atoms with Gasteiger partial charge in [0.1, 0.15) is 5.75 Å². The first kappa shape index (κ1) is 13.9. The molecule has 0 N–H and O–H groups in total. The van der Waals surface area contributed by atoms with Crippen molar-refractivity contribution in [1.29, 1.82) is 0 Å². The van der Waals surface area contributed by atoms with E-state index in [1.807, 2.05) is 36.1 Å². The maximum absolute atomic E-state index is 12.3. The molecule has 3 nitrogen and oxygen atoms in total. The third kappa shape index (κ3) is 3.72. The van der Waals surface area contributed by atoms with E-state index in [-0.39, 0.29) is 5.91 Å². The van der Waals surface area contributed by atoms with Crippen molar-refractivity contribution >= 4 is 5.91 Å². The van der Waals surface area contributed by atoms with Crippen LogP contribution in [0, 0.1) is 0 Å². The summed E-state index contributed by atoms with van der Waals surface area (Å²) in [6.07, 6.45) is 2.81. The lowest BCUT2D eigenvalue weighted by molar-refractivity contribution is -0.132. The van der Waals surface area contributed by atoms with E-state index >= 15 is 0 Å². The topological polar surface area (TPSA) is 29.5 Å². The van der Waals surface area contributed by atoms with Crippen molar-refractivity contribution in [1.82, 2.24) is 4.90 Å². The van der Waals surface area contributed by atoms with Crippen molar-refractivity contribution in [3.05, 3.63) is 29.8 Å². The second kappa shape index (κ2) is 6.09. The predicted molar refractivity (Wildman–Crippen MR) is 76.3 cm³/mol. The molecule has 1 saturated carbocycles. The van der Waals surface area contributed by atoms with Crippen LogP contribution in [0.4, 0.5) is 0 Å². The first-order valence-corrected chi connectivity index (χ1v) is 7.14. The molecule has 0 spiro atoms. The zero-order valence-corrected chi connectivity index (χ0v) is 12.1. The molecule has 0 bridgehead atoms. The number of benzene rings is 1. The van der Waals surface area contributed by atoms with E-state index in [2.05, 4.69) is 13.8 Å². The lowest BCUT2D eigenvalue weighted by Gasteiger charge is -2.26. The van der Waals surface area contributed by atoms with Gasteiger partial charge in [0.15, 0.2) is 0 Å². The summed E-state index contributed by atoms with van der Waals surface area (Å²) in [6.45, 7) is 6.82. The van der Waals surface area contributed by atoms with Crippen LogP contribution in [-0.2, 0) is 11.2 Å². The Balaban J connectivity index is 1.97. The van der Waals surface area contributed by atoms with Gasteiger partial charge in [-0.1, -0.05) is 12.1 Å². The van der Waals surface area contributed by atoms with E-state index in [0.29, 0.717) is 25.1 Å². The lowest BCUT2D eigenvalue weighted by Crippen LogP contribution is -2.39. The number of nitrogens with zero attached hydrogens (tertiary/aromatic N) is 1. The minimum atomic E-state index is 0.238. The minimum absolute atomic E-state index is 0.238. The van der Waals surface area contributed by atoms with Crippen LogP contribution < -0.4 is 4.74 Å². The van der Waals surface area contributed by atoms with E-state index in [1.54, 1.807) is 0 Å². The molecule has 0 radical (unpaired) electrons. The average molecular weight is 261 g/mol. The van der Waals surface area contributed by atoms with Gasteiger partial charge < -0.3 is 9.64 Å². The van der Waals surface area contributed by atoms with E-state index in [0.717, 1.165) is 24.2 Å². The fraction of sp³-hybridized carbons (Fsp3) is 0.562. The smallest absolute Gasteiger partial charge is 0.227 e. The Bertz CT molecular complexity index is 419. The van der Waals surface area contributed by atoms with Gasteiger partial charge >= 0.3 is 0 Å². The van der Waals surface area contributed by atoms with Gasteiger partial charge in [-0.25, -0.2) is 0 Å². The fourth-order valence-electron chi connectivity index (χ4n) is 2.40. The van der Waals surface area contributed by atoms with Crippen molar-refractivity contribution in [3.8, 4) is 5.75 Å². The normalized spacial score (nSPS) is 14.5. The molecule has 0 aromatic heterocycles. The highest BCUT2D eigenvalue weighted by Gasteiger charge is 2.33. The van der Waals surface area contributed by atoms with Gasteiger partial charge in [-0.3, -0.25) is 4.79 Å². The van der Waals surface area contributed by atoms with Crippen molar-refractivity contribution in [2.45, 2.75) is 52.1 Å². The first-order valence-electron chi connectivity index (χ1n) is 7.14. The monoisotopic (exact) mass is 261 g/mol. The summed E-state index contributed by atoms with van der Waals surface area (Å²) in [7, 11) is 0. The van der Waals surface area contributed by atoms with Crippen LogP contribution in [0.25, 0.3) is 0 Å². The molecule has 3 heteroatoms. The van der Waals surface area contributed by atoms with Crippen LogP contribution >= 0.6 is 0 Å². The molecular weight excluding hydrogens is 238 g/mol. The second-order valence-electron chi connectivity index (χ2n) is 5.38. The molecule has 1 aromatic rings. The molecule has 0 unspecified atom stereocenters. The van der Waals surface area contributed by atoms with Crippen molar-refractivity contribution in [2.75, 3.05) is 6.61 Å². The van der Waals surface area contributed by atoms with E-state index in [9.17, 15) is 4.79 Å².